The summed E-state index contributed by atoms with van der Waals surface area (Å²) >= 11 is 0. The molecule has 0 saturated heterocycles. The van der Waals surface area contributed by atoms with Crippen LogP contribution >= 0.6 is 0 Å². The molecule has 2 nitrogen and oxygen atoms in total. The molecule has 2 rings (SSSR count). The number of rotatable bonds is 4. The van der Waals surface area contributed by atoms with E-state index in [4.69, 9.17) is 0 Å². The van der Waals surface area contributed by atoms with Gasteiger partial charge in [0.1, 0.15) is 0 Å². The van der Waals surface area contributed by atoms with Crippen LogP contribution in [0, 0.1) is 11.3 Å². The molecule has 0 spiro atoms. The van der Waals surface area contributed by atoms with Crippen LogP contribution < -0.4 is 5.32 Å². The van der Waals surface area contributed by atoms with E-state index < -0.39 is 0 Å². The molecule has 2 fully saturated rings. The molecular formula is C14H28N2. The van der Waals surface area contributed by atoms with Crippen LogP contribution in [0.2, 0.25) is 0 Å². The average molecular weight is 224 g/mol. The second-order valence-electron chi connectivity index (χ2n) is 6.75. The summed E-state index contributed by atoms with van der Waals surface area (Å²) in [4.78, 5) is 2.62. The summed E-state index contributed by atoms with van der Waals surface area (Å²) in [5.74, 6) is 1.01. The van der Waals surface area contributed by atoms with Gasteiger partial charge in [0.05, 0.1) is 0 Å². The summed E-state index contributed by atoms with van der Waals surface area (Å²) < 4.78 is 0. The minimum absolute atomic E-state index is 0.538. The third kappa shape index (κ3) is 2.98. The van der Waals surface area contributed by atoms with Gasteiger partial charge in [0.25, 0.3) is 0 Å². The van der Waals surface area contributed by atoms with E-state index in [1.807, 2.05) is 0 Å². The Labute approximate surface area is 101 Å². The molecule has 0 aliphatic heterocycles. The third-order valence-corrected chi connectivity index (χ3v) is 4.54. The van der Waals surface area contributed by atoms with Crippen molar-refractivity contribution < 1.29 is 0 Å². The smallest absolute Gasteiger partial charge is 0.0251 e. The topological polar surface area (TPSA) is 15.3 Å². The first-order valence-electron chi connectivity index (χ1n) is 6.89. The minimum atomic E-state index is 0.538. The Morgan fingerprint density at radius 2 is 1.94 bits per heavy atom. The summed E-state index contributed by atoms with van der Waals surface area (Å²) in [7, 11) is 4.45. The minimum Gasteiger partial charge on any atom is -0.315 e. The van der Waals surface area contributed by atoms with Crippen LogP contribution in [-0.2, 0) is 0 Å². The van der Waals surface area contributed by atoms with Gasteiger partial charge in [0, 0.05) is 18.6 Å². The van der Waals surface area contributed by atoms with Gasteiger partial charge < -0.3 is 10.2 Å². The molecule has 0 amide bonds. The summed E-state index contributed by atoms with van der Waals surface area (Å²) in [5, 5.41) is 3.52. The number of likely N-dealkylation sites (N-methyl/N-ethyl adjacent to an activating group) is 2. The van der Waals surface area contributed by atoms with Crippen LogP contribution in [0.15, 0.2) is 0 Å². The molecule has 2 atom stereocenters. The molecule has 2 unspecified atom stereocenters. The number of nitrogens with zero attached hydrogens (tertiary/aromatic N) is 1. The van der Waals surface area contributed by atoms with Crippen molar-refractivity contribution in [2.75, 3.05) is 20.6 Å². The van der Waals surface area contributed by atoms with Gasteiger partial charge in [0.2, 0.25) is 0 Å². The lowest BCUT2D eigenvalue weighted by Gasteiger charge is -2.45. The van der Waals surface area contributed by atoms with Gasteiger partial charge in [-0.25, -0.2) is 0 Å². The highest BCUT2D eigenvalue weighted by atomic mass is 15.2. The van der Waals surface area contributed by atoms with Crippen LogP contribution in [0.5, 0.6) is 0 Å². The van der Waals surface area contributed by atoms with Gasteiger partial charge in [-0.05, 0) is 57.5 Å². The van der Waals surface area contributed by atoms with Crippen molar-refractivity contribution in [2.45, 2.75) is 58.0 Å². The van der Waals surface area contributed by atoms with Crippen molar-refractivity contribution in [3.05, 3.63) is 0 Å². The van der Waals surface area contributed by atoms with Gasteiger partial charge in [-0.15, -0.1) is 0 Å². The largest absolute Gasteiger partial charge is 0.315 e. The molecule has 0 bridgehead atoms. The van der Waals surface area contributed by atoms with E-state index >= 15 is 0 Å². The zero-order valence-corrected chi connectivity index (χ0v) is 11.4. The molecule has 16 heavy (non-hydrogen) atoms. The van der Waals surface area contributed by atoms with E-state index in [1.165, 1.54) is 38.6 Å². The third-order valence-electron chi connectivity index (χ3n) is 4.54. The Bertz CT molecular complexity index is 233. The average Bonchev–Trinajstić information content (AvgIpc) is 3.00. The Balaban J connectivity index is 1.95. The van der Waals surface area contributed by atoms with E-state index in [9.17, 15) is 0 Å². The SMILES string of the molecule is CNC1CCC(C)(C)CC1N(C)CC1CC1. The first-order chi connectivity index (χ1) is 7.52. The maximum Gasteiger partial charge on any atom is 0.0251 e. The number of hydrogen-bond acceptors (Lipinski definition) is 2. The van der Waals surface area contributed by atoms with Crippen LogP contribution in [0.3, 0.4) is 0 Å². The van der Waals surface area contributed by atoms with Crippen molar-refractivity contribution in [2.24, 2.45) is 11.3 Å². The predicted molar refractivity (Wildman–Crippen MR) is 69.6 cm³/mol. The van der Waals surface area contributed by atoms with E-state index in [0.717, 1.165) is 12.0 Å². The zero-order valence-electron chi connectivity index (χ0n) is 11.4. The molecule has 0 radical (unpaired) electrons. The van der Waals surface area contributed by atoms with Crippen molar-refractivity contribution in [3.63, 3.8) is 0 Å². The van der Waals surface area contributed by atoms with Gasteiger partial charge in [-0.2, -0.15) is 0 Å². The Morgan fingerprint density at radius 3 is 2.50 bits per heavy atom. The van der Waals surface area contributed by atoms with E-state index in [0.29, 0.717) is 11.5 Å². The van der Waals surface area contributed by atoms with E-state index in [-0.39, 0.29) is 0 Å². The van der Waals surface area contributed by atoms with Gasteiger partial charge in [-0.1, -0.05) is 13.8 Å². The highest BCUT2D eigenvalue weighted by Gasteiger charge is 2.37. The standard InChI is InChI=1S/C14H28N2/c1-14(2)8-7-12(15-3)13(9-14)16(4)10-11-5-6-11/h11-13,15H,5-10H2,1-4H3. The highest BCUT2D eigenvalue weighted by Crippen LogP contribution is 2.38. The first-order valence-corrected chi connectivity index (χ1v) is 6.89. The molecule has 0 aromatic heterocycles. The molecular weight excluding hydrogens is 196 g/mol. The number of nitrogens with one attached hydrogen (secondary N) is 1. The fraction of sp³-hybridized carbons (Fsp3) is 1.00. The molecule has 0 aromatic rings. The fourth-order valence-electron chi connectivity index (χ4n) is 3.19. The lowest BCUT2D eigenvalue weighted by molar-refractivity contribution is 0.0820. The summed E-state index contributed by atoms with van der Waals surface area (Å²) in [6.07, 6.45) is 6.98. The second-order valence-corrected chi connectivity index (χ2v) is 6.75. The van der Waals surface area contributed by atoms with Gasteiger partial charge >= 0.3 is 0 Å². The zero-order chi connectivity index (χ0) is 11.8. The summed E-state index contributed by atoms with van der Waals surface area (Å²) in [6, 6.07) is 1.45. The van der Waals surface area contributed by atoms with Crippen molar-refractivity contribution in [3.8, 4) is 0 Å². The first kappa shape index (κ1) is 12.4. The monoisotopic (exact) mass is 224 g/mol. The lowest BCUT2D eigenvalue weighted by Crippen LogP contribution is -2.53. The fourth-order valence-corrected chi connectivity index (χ4v) is 3.19. The van der Waals surface area contributed by atoms with Crippen LogP contribution in [0.4, 0.5) is 0 Å². The molecule has 0 aromatic carbocycles. The normalized spacial score (nSPS) is 34.3. The Hall–Kier alpha value is -0.0800. The van der Waals surface area contributed by atoms with Crippen LogP contribution in [0.25, 0.3) is 0 Å². The quantitative estimate of drug-likeness (QED) is 0.789. The number of hydrogen-bond donors (Lipinski definition) is 1. The van der Waals surface area contributed by atoms with E-state index in [1.54, 1.807) is 0 Å². The predicted octanol–water partition coefficient (Wildman–Crippen LogP) is 2.49. The second kappa shape index (κ2) is 4.66. The van der Waals surface area contributed by atoms with Gasteiger partial charge in [-0.3, -0.25) is 0 Å². The van der Waals surface area contributed by atoms with Crippen LogP contribution in [0.1, 0.15) is 46.0 Å². The van der Waals surface area contributed by atoms with Crippen molar-refractivity contribution in [1.29, 1.82) is 0 Å². The highest BCUT2D eigenvalue weighted by molar-refractivity contribution is 4.94. The van der Waals surface area contributed by atoms with E-state index in [2.05, 4.69) is 38.2 Å². The molecule has 2 saturated carbocycles. The molecule has 0 heterocycles. The molecule has 2 aliphatic carbocycles. The van der Waals surface area contributed by atoms with Gasteiger partial charge in [0.15, 0.2) is 0 Å². The summed E-state index contributed by atoms with van der Waals surface area (Å²) in [6.45, 7) is 6.17. The Kier molecular flexibility index (Phi) is 3.60. The summed E-state index contributed by atoms with van der Waals surface area (Å²) in [5.41, 5.74) is 0.538. The lowest BCUT2D eigenvalue weighted by atomic mass is 9.72. The van der Waals surface area contributed by atoms with Crippen molar-refractivity contribution in [1.82, 2.24) is 10.2 Å². The maximum absolute atomic E-state index is 3.52. The maximum atomic E-state index is 3.52. The Morgan fingerprint density at radius 1 is 1.25 bits per heavy atom. The van der Waals surface area contributed by atoms with Crippen LogP contribution in [-0.4, -0.2) is 37.6 Å². The van der Waals surface area contributed by atoms with Crippen molar-refractivity contribution >= 4 is 0 Å². The molecule has 1 N–H and O–H groups in total. The molecule has 2 heteroatoms. The molecule has 94 valence electrons. The molecule has 2 aliphatic rings.